The maximum absolute atomic E-state index is 10.4. The summed E-state index contributed by atoms with van der Waals surface area (Å²) in [6, 6.07) is 4.59. The van der Waals surface area contributed by atoms with Gasteiger partial charge in [-0.1, -0.05) is 6.07 Å². The number of benzene rings is 1. The summed E-state index contributed by atoms with van der Waals surface area (Å²) in [5, 5.41) is 17.7. The van der Waals surface area contributed by atoms with Gasteiger partial charge in [-0.3, -0.25) is 0 Å². The van der Waals surface area contributed by atoms with Crippen LogP contribution < -0.4 is 0 Å². The van der Waals surface area contributed by atoms with Crippen LogP contribution in [0.15, 0.2) is 18.2 Å². The van der Waals surface area contributed by atoms with Crippen LogP contribution in [-0.2, 0) is 0 Å². The van der Waals surface area contributed by atoms with Crippen LogP contribution in [-0.4, -0.2) is 16.2 Å². The van der Waals surface area contributed by atoms with E-state index in [4.69, 9.17) is 5.11 Å². The number of carboxylic acids is 1. The summed E-state index contributed by atoms with van der Waals surface area (Å²) in [4.78, 5) is 10.4. The number of phenols is 1. The molecule has 0 aliphatic heterocycles. The van der Waals surface area contributed by atoms with Crippen molar-refractivity contribution in [3.8, 4) is 5.75 Å². The number of rotatable bonds is 1. The van der Waals surface area contributed by atoms with Gasteiger partial charge >= 0.3 is 5.97 Å². The van der Waals surface area contributed by atoms with Crippen molar-refractivity contribution in [3.63, 3.8) is 0 Å². The Bertz CT molecular complexity index is 296. The maximum Gasteiger partial charge on any atom is 0.339 e. The zero-order valence-electron chi connectivity index (χ0n) is 5.41. The molecule has 0 atom stereocenters. The Hall–Kier alpha value is -0.780. The molecule has 0 amide bonds. The van der Waals surface area contributed by atoms with Gasteiger partial charge in [0.1, 0.15) is 11.3 Å². The normalized spacial score (nSPS) is 9.55. The van der Waals surface area contributed by atoms with E-state index in [2.05, 4.69) is 0 Å². The van der Waals surface area contributed by atoms with Crippen LogP contribution in [0, 0.1) is 3.57 Å². The fourth-order valence-corrected chi connectivity index (χ4v) is 1.19. The molecule has 3 nitrogen and oxygen atoms in total. The van der Waals surface area contributed by atoms with Crippen LogP contribution in [0.1, 0.15) is 10.4 Å². The van der Waals surface area contributed by atoms with Crippen molar-refractivity contribution < 1.29 is 15.0 Å². The van der Waals surface area contributed by atoms with E-state index in [9.17, 15) is 9.90 Å². The van der Waals surface area contributed by atoms with Crippen molar-refractivity contribution in [2.75, 3.05) is 0 Å². The lowest BCUT2D eigenvalue weighted by Gasteiger charge is -1.99. The Morgan fingerprint density at radius 2 is 2.09 bits per heavy atom. The highest BCUT2D eigenvalue weighted by Gasteiger charge is 2.10. The Morgan fingerprint density at radius 1 is 1.45 bits per heavy atom. The van der Waals surface area contributed by atoms with E-state index in [1.54, 1.807) is 12.1 Å². The number of aromatic carboxylic acids is 1. The molecule has 0 unspecified atom stereocenters. The van der Waals surface area contributed by atoms with Crippen molar-refractivity contribution in [1.82, 2.24) is 0 Å². The minimum Gasteiger partial charge on any atom is -0.506 e. The second-order valence-electron chi connectivity index (χ2n) is 1.94. The minimum absolute atomic E-state index is 0.0584. The summed E-state index contributed by atoms with van der Waals surface area (Å²) < 4.78 is 0.544. The van der Waals surface area contributed by atoms with E-state index in [-0.39, 0.29) is 11.3 Å². The van der Waals surface area contributed by atoms with Crippen molar-refractivity contribution in [2.24, 2.45) is 0 Å². The molecule has 4 heteroatoms. The first kappa shape index (κ1) is 8.32. The molecule has 1 rings (SSSR count). The zero-order valence-corrected chi connectivity index (χ0v) is 7.57. The molecule has 58 valence electrons. The highest BCUT2D eigenvalue weighted by molar-refractivity contribution is 14.1. The third kappa shape index (κ3) is 1.62. The van der Waals surface area contributed by atoms with Crippen LogP contribution in [0.5, 0.6) is 5.75 Å². The average Bonchev–Trinajstić information content (AvgIpc) is 1.94. The predicted molar refractivity (Wildman–Crippen MR) is 47.8 cm³/mol. The minimum atomic E-state index is -1.11. The zero-order chi connectivity index (χ0) is 8.43. The van der Waals surface area contributed by atoms with E-state index < -0.39 is 5.97 Å². The Kier molecular flexibility index (Phi) is 2.33. The Morgan fingerprint density at radius 3 is 2.55 bits per heavy atom. The van der Waals surface area contributed by atoms with Gasteiger partial charge in [-0.05, 0) is 34.7 Å². The summed E-state index contributed by atoms with van der Waals surface area (Å²) in [6.07, 6.45) is 0. The molecular weight excluding hydrogens is 259 g/mol. The Balaban J connectivity index is 3.27. The first-order chi connectivity index (χ1) is 5.13. The summed E-state index contributed by atoms with van der Waals surface area (Å²) in [6.45, 7) is 0. The molecule has 2 N–H and O–H groups in total. The molecule has 0 spiro atoms. The number of aromatic hydroxyl groups is 1. The highest BCUT2D eigenvalue weighted by Crippen LogP contribution is 2.23. The lowest BCUT2D eigenvalue weighted by Crippen LogP contribution is -1.96. The maximum atomic E-state index is 10.4. The van der Waals surface area contributed by atoms with Gasteiger partial charge in [-0.25, -0.2) is 4.79 Å². The second-order valence-corrected chi connectivity index (χ2v) is 3.10. The quantitative estimate of drug-likeness (QED) is 0.759. The van der Waals surface area contributed by atoms with Crippen LogP contribution in [0.2, 0.25) is 0 Å². The van der Waals surface area contributed by atoms with Gasteiger partial charge in [-0.15, -0.1) is 0 Å². The molecule has 0 saturated carbocycles. The van der Waals surface area contributed by atoms with E-state index in [0.29, 0.717) is 3.57 Å². The molecule has 0 fully saturated rings. The number of halogens is 1. The smallest absolute Gasteiger partial charge is 0.339 e. The predicted octanol–water partition coefficient (Wildman–Crippen LogP) is 1.70. The van der Waals surface area contributed by atoms with E-state index >= 15 is 0 Å². The van der Waals surface area contributed by atoms with Gasteiger partial charge in [-0.2, -0.15) is 0 Å². The molecule has 0 aromatic heterocycles. The second kappa shape index (κ2) is 3.08. The summed E-state index contributed by atoms with van der Waals surface area (Å²) in [5.74, 6) is -1.28. The van der Waals surface area contributed by atoms with Gasteiger partial charge in [0, 0.05) is 0 Å². The van der Waals surface area contributed by atoms with Gasteiger partial charge in [0.2, 0.25) is 0 Å². The van der Waals surface area contributed by atoms with E-state index in [1.165, 1.54) is 6.07 Å². The van der Waals surface area contributed by atoms with Crippen molar-refractivity contribution in [3.05, 3.63) is 27.3 Å². The number of hydrogen-bond donors (Lipinski definition) is 2. The van der Waals surface area contributed by atoms with Crippen molar-refractivity contribution in [1.29, 1.82) is 0 Å². The topological polar surface area (TPSA) is 57.5 Å². The largest absolute Gasteiger partial charge is 0.506 e. The molecule has 0 aliphatic carbocycles. The number of para-hydroxylation sites is 1. The molecule has 0 aliphatic rings. The standard InChI is InChI=1S/C7H5IO3/c8-5-3-1-2-4(6(5)9)7(10)11/h1-3,9H,(H,10,11). The van der Waals surface area contributed by atoms with Gasteiger partial charge in [0.25, 0.3) is 0 Å². The first-order valence-electron chi connectivity index (χ1n) is 2.83. The monoisotopic (exact) mass is 264 g/mol. The molecule has 0 heterocycles. The summed E-state index contributed by atoms with van der Waals surface area (Å²) in [5.41, 5.74) is -0.0584. The number of carboxylic acid groups (broad SMARTS) is 1. The number of hydrogen-bond acceptors (Lipinski definition) is 2. The van der Waals surface area contributed by atoms with Crippen LogP contribution in [0.25, 0.3) is 0 Å². The lowest BCUT2D eigenvalue weighted by atomic mass is 10.2. The molecule has 11 heavy (non-hydrogen) atoms. The Labute approximate surface area is 76.8 Å². The van der Waals surface area contributed by atoms with Gasteiger partial charge < -0.3 is 10.2 Å². The molecule has 0 bridgehead atoms. The van der Waals surface area contributed by atoms with Crippen molar-refractivity contribution >= 4 is 28.6 Å². The number of carbonyl (C=O) groups is 1. The highest BCUT2D eigenvalue weighted by atomic mass is 127. The van der Waals surface area contributed by atoms with E-state index in [0.717, 1.165) is 0 Å². The first-order valence-corrected chi connectivity index (χ1v) is 3.91. The SMILES string of the molecule is O=C(O)c1cccc(I)c1O. The van der Waals surface area contributed by atoms with E-state index in [1.807, 2.05) is 22.6 Å². The fraction of sp³-hybridized carbons (Fsp3) is 0. The molecule has 0 saturated heterocycles. The fourth-order valence-electron chi connectivity index (χ4n) is 0.688. The molecule has 1 aromatic rings. The molecule has 1 aromatic carbocycles. The molecule has 0 radical (unpaired) electrons. The third-order valence-corrected chi connectivity index (χ3v) is 2.09. The van der Waals surface area contributed by atoms with Crippen LogP contribution in [0.3, 0.4) is 0 Å². The summed E-state index contributed by atoms with van der Waals surface area (Å²) in [7, 11) is 0. The van der Waals surface area contributed by atoms with Crippen LogP contribution >= 0.6 is 22.6 Å². The average molecular weight is 264 g/mol. The third-order valence-electron chi connectivity index (χ3n) is 1.22. The molecular formula is C7H5IO3. The van der Waals surface area contributed by atoms with Crippen LogP contribution in [0.4, 0.5) is 0 Å². The lowest BCUT2D eigenvalue weighted by molar-refractivity contribution is 0.0693. The summed E-state index contributed by atoms with van der Waals surface area (Å²) >= 11 is 1.87. The van der Waals surface area contributed by atoms with Gasteiger partial charge in [0.05, 0.1) is 3.57 Å². The van der Waals surface area contributed by atoms with Crippen molar-refractivity contribution in [2.45, 2.75) is 0 Å². The van der Waals surface area contributed by atoms with Gasteiger partial charge in [0.15, 0.2) is 0 Å².